The van der Waals surface area contributed by atoms with Gasteiger partial charge in [0.15, 0.2) is 0 Å². The van der Waals surface area contributed by atoms with Crippen LogP contribution in [0, 0.1) is 11.7 Å². The summed E-state index contributed by atoms with van der Waals surface area (Å²) in [6.07, 6.45) is 1.04. The number of nitrogens with zero attached hydrogens (tertiary/aromatic N) is 1. The first-order valence-electron chi connectivity index (χ1n) is 6.47. The predicted molar refractivity (Wildman–Crippen MR) is 71.2 cm³/mol. The van der Waals surface area contributed by atoms with E-state index in [-0.39, 0.29) is 18.5 Å². The second-order valence-corrected chi connectivity index (χ2v) is 5.06. The van der Waals surface area contributed by atoms with Crippen molar-refractivity contribution in [3.05, 3.63) is 29.6 Å². The largest absolute Gasteiger partial charge is 0.394 e. The maximum atomic E-state index is 13.6. The van der Waals surface area contributed by atoms with E-state index in [1.54, 1.807) is 12.1 Å². The molecule has 18 heavy (non-hydrogen) atoms. The number of benzene rings is 1. The lowest BCUT2D eigenvalue weighted by atomic mass is 10.0. The third-order valence-electron chi connectivity index (χ3n) is 3.72. The number of hydrogen-bond acceptors (Lipinski definition) is 3. The van der Waals surface area contributed by atoms with E-state index in [0.29, 0.717) is 12.5 Å². The van der Waals surface area contributed by atoms with Gasteiger partial charge in [0.1, 0.15) is 5.82 Å². The van der Waals surface area contributed by atoms with Gasteiger partial charge in [0, 0.05) is 18.8 Å². The maximum Gasteiger partial charge on any atom is 0.125 e. The molecule has 1 heterocycles. The fourth-order valence-corrected chi connectivity index (χ4v) is 2.71. The Balaban J connectivity index is 2.27. The molecule has 1 aromatic carbocycles. The Hall–Kier alpha value is -1.13. The number of rotatable bonds is 4. The topological polar surface area (TPSA) is 35.5 Å². The number of hydrogen-bond donors (Lipinski definition) is 2. The molecule has 2 N–H and O–H groups in total. The molecule has 0 bridgehead atoms. The first-order valence-corrected chi connectivity index (χ1v) is 6.47. The first-order chi connectivity index (χ1) is 8.65. The molecule has 4 heteroatoms. The molecule has 0 amide bonds. The number of halogens is 1. The fraction of sp³-hybridized carbons (Fsp3) is 0.571. The average molecular weight is 252 g/mol. The zero-order valence-corrected chi connectivity index (χ0v) is 11.0. The van der Waals surface area contributed by atoms with E-state index < -0.39 is 0 Å². The lowest BCUT2D eigenvalue weighted by Crippen LogP contribution is -2.35. The smallest absolute Gasteiger partial charge is 0.125 e. The number of anilines is 1. The van der Waals surface area contributed by atoms with Gasteiger partial charge in [0.25, 0.3) is 0 Å². The van der Waals surface area contributed by atoms with Crippen molar-refractivity contribution in [2.24, 2.45) is 5.92 Å². The van der Waals surface area contributed by atoms with E-state index in [1.807, 2.05) is 13.1 Å². The van der Waals surface area contributed by atoms with Gasteiger partial charge >= 0.3 is 0 Å². The summed E-state index contributed by atoms with van der Waals surface area (Å²) in [7, 11) is 1.85. The fourth-order valence-electron chi connectivity index (χ4n) is 2.71. The molecule has 0 aromatic heterocycles. The standard InChI is InChI=1S/C14H21FN2O/c1-10-3-4-17(14(10)9-18)13-6-11(8-16-2)5-12(15)7-13/h5-7,10,14,16,18H,3-4,8-9H2,1-2H3. The number of aliphatic hydroxyl groups is 1. The van der Waals surface area contributed by atoms with E-state index in [2.05, 4.69) is 17.1 Å². The van der Waals surface area contributed by atoms with Gasteiger partial charge in [-0.2, -0.15) is 0 Å². The molecule has 1 aromatic rings. The summed E-state index contributed by atoms with van der Waals surface area (Å²) >= 11 is 0. The van der Waals surface area contributed by atoms with E-state index >= 15 is 0 Å². The summed E-state index contributed by atoms with van der Waals surface area (Å²) in [5.74, 6) is 0.236. The Kier molecular flexibility index (Phi) is 4.19. The molecule has 1 saturated heterocycles. The van der Waals surface area contributed by atoms with Crippen LogP contribution in [0.2, 0.25) is 0 Å². The summed E-state index contributed by atoms with van der Waals surface area (Å²) in [6, 6.07) is 5.21. The molecule has 100 valence electrons. The minimum atomic E-state index is -0.214. The zero-order chi connectivity index (χ0) is 13.1. The van der Waals surface area contributed by atoms with Crippen LogP contribution in [0.5, 0.6) is 0 Å². The first kappa shape index (κ1) is 13.3. The molecule has 3 nitrogen and oxygen atoms in total. The third-order valence-corrected chi connectivity index (χ3v) is 3.72. The Morgan fingerprint density at radius 2 is 2.22 bits per heavy atom. The van der Waals surface area contributed by atoms with Gasteiger partial charge in [-0.1, -0.05) is 6.92 Å². The highest BCUT2D eigenvalue weighted by molar-refractivity contribution is 5.51. The van der Waals surface area contributed by atoms with Crippen LogP contribution in [-0.4, -0.2) is 31.3 Å². The molecule has 1 fully saturated rings. The normalized spacial score (nSPS) is 23.7. The molecule has 2 atom stereocenters. The van der Waals surface area contributed by atoms with Crippen molar-refractivity contribution in [1.82, 2.24) is 5.32 Å². The van der Waals surface area contributed by atoms with E-state index in [4.69, 9.17) is 0 Å². The van der Waals surface area contributed by atoms with Crippen molar-refractivity contribution in [3.63, 3.8) is 0 Å². The van der Waals surface area contributed by atoms with Gasteiger partial charge < -0.3 is 15.3 Å². The molecule has 1 aliphatic heterocycles. The zero-order valence-electron chi connectivity index (χ0n) is 11.0. The summed E-state index contributed by atoms with van der Waals surface area (Å²) in [6.45, 7) is 3.79. The highest BCUT2D eigenvalue weighted by Gasteiger charge is 2.30. The second kappa shape index (κ2) is 5.67. The molecule has 2 unspecified atom stereocenters. The van der Waals surface area contributed by atoms with E-state index in [9.17, 15) is 9.50 Å². The van der Waals surface area contributed by atoms with Crippen LogP contribution in [0.15, 0.2) is 18.2 Å². The van der Waals surface area contributed by atoms with Crippen molar-refractivity contribution < 1.29 is 9.50 Å². The summed E-state index contributed by atoms with van der Waals surface area (Å²) < 4.78 is 13.6. The molecular weight excluding hydrogens is 231 g/mol. The van der Waals surface area contributed by atoms with Crippen molar-refractivity contribution in [1.29, 1.82) is 0 Å². The van der Waals surface area contributed by atoms with Crippen molar-refractivity contribution in [2.75, 3.05) is 25.1 Å². The SMILES string of the molecule is CNCc1cc(F)cc(N2CCC(C)C2CO)c1. The molecular formula is C14H21FN2O. The average Bonchev–Trinajstić information content (AvgIpc) is 2.70. The van der Waals surface area contributed by atoms with Gasteiger partial charge in [0.05, 0.1) is 12.6 Å². The third kappa shape index (κ3) is 2.65. The van der Waals surface area contributed by atoms with Crippen LogP contribution < -0.4 is 10.2 Å². The lowest BCUT2D eigenvalue weighted by molar-refractivity contribution is 0.244. The highest BCUT2D eigenvalue weighted by atomic mass is 19.1. The van der Waals surface area contributed by atoms with Crippen LogP contribution in [0.4, 0.5) is 10.1 Å². The molecule has 1 aliphatic rings. The van der Waals surface area contributed by atoms with E-state index in [1.165, 1.54) is 0 Å². The molecule has 0 radical (unpaired) electrons. The molecule has 0 spiro atoms. The molecule has 0 aliphatic carbocycles. The number of aliphatic hydroxyl groups excluding tert-OH is 1. The van der Waals surface area contributed by atoms with Gasteiger partial charge in [-0.3, -0.25) is 0 Å². The van der Waals surface area contributed by atoms with Gasteiger partial charge in [-0.05, 0) is 43.1 Å². The quantitative estimate of drug-likeness (QED) is 0.857. The summed E-state index contributed by atoms with van der Waals surface area (Å²) in [4.78, 5) is 2.12. The van der Waals surface area contributed by atoms with Crippen LogP contribution in [0.1, 0.15) is 18.9 Å². The Bertz CT molecular complexity index is 411. The second-order valence-electron chi connectivity index (χ2n) is 5.06. The van der Waals surface area contributed by atoms with Crippen LogP contribution >= 0.6 is 0 Å². The van der Waals surface area contributed by atoms with Crippen LogP contribution in [0.3, 0.4) is 0 Å². The van der Waals surface area contributed by atoms with Crippen molar-refractivity contribution >= 4 is 5.69 Å². The summed E-state index contributed by atoms with van der Waals surface area (Å²) in [5, 5.41) is 12.5. The minimum absolute atomic E-state index is 0.106. The van der Waals surface area contributed by atoms with Crippen LogP contribution in [-0.2, 0) is 6.54 Å². The molecule has 0 saturated carbocycles. The van der Waals surface area contributed by atoms with Gasteiger partial charge in [-0.25, -0.2) is 4.39 Å². The van der Waals surface area contributed by atoms with Crippen molar-refractivity contribution in [3.8, 4) is 0 Å². The maximum absolute atomic E-state index is 13.6. The predicted octanol–water partition coefficient (Wildman–Crippen LogP) is 1.75. The Labute approximate surface area is 108 Å². The van der Waals surface area contributed by atoms with Gasteiger partial charge in [0.2, 0.25) is 0 Å². The van der Waals surface area contributed by atoms with Gasteiger partial charge in [-0.15, -0.1) is 0 Å². The minimum Gasteiger partial charge on any atom is -0.394 e. The number of nitrogens with one attached hydrogen (secondary N) is 1. The molecule has 2 rings (SSSR count). The highest BCUT2D eigenvalue weighted by Crippen LogP contribution is 2.30. The summed E-state index contributed by atoms with van der Waals surface area (Å²) in [5.41, 5.74) is 1.81. The Morgan fingerprint density at radius 1 is 1.44 bits per heavy atom. The Morgan fingerprint density at radius 3 is 2.89 bits per heavy atom. The van der Waals surface area contributed by atoms with Crippen molar-refractivity contribution in [2.45, 2.75) is 25.9 Å². The lowest BCUT2D eigenvalue weighted by Gasteiger charge is -2.27. The monoisotopic (exact) mass is 252 g/mol. The van der Waals surface area contributed by atoms with Crippen LogP contribution in [0.25, 0.3) is 0 Å². The van der Waals surface area contributed by atoms with E-state index in [0.717, 1.165) is 24.2 Å².